The normalized spacial score (nSPS) is 10.7. The summed E-state index contributed by atoms with van der Waals surface area (Å²) in [6.07, 6.45) is 1.62. The first-order valence-corrected chi connectivity index (χ1v) is 7.19. The molecule has 2 aromatic carbocycles. The second-order valence-corrected chi connectivity index (χ2v) is 5.53. The van der Waals surface area contributed by atoms with E-state index >= 15 is 0 Å². The first kappa shape index (κ1) is 13.1. The van der Waals surface area contributed by atoms with E-state index in [0.29, 0.717) is 0 Å². The van der Waals surface area contributed by atoms with E-state index in [1.165, 1.54) is 5.56 Å². The second-order valence-electron chi connectivity index (χ2n) is 4.67. The summed E-state index contributed by atoms with van der Waals surface area (Å²) < 4.78 is 0.992. The fourth-order valence-corrected chi connectivity index (χ4v) is 2.74. The molecule has 3 nitrogen and oxygen atoms in total. The highest BCUT2D eigenvalue weighted by Gasteiger charge is 2.10. The van der Waals surface area contributed by atoms with Gasteiger partial charge in [-0.15, -0.1) is 0 Å². The van der Waals surface area contributed by atoms with Crippen LogP contribution in [0.1, 0.15) is 5.56 Å². The van der Waals surface area contributed by atoms with Crippen LogP contribution in [0.2, 0.25) is 0 Å². The average Bonchev–Trinajstić information content (AvgIpc) is 2.48. The monoisotopic (exact) mass is 327 g/mol. The third-order valence-electron chi connectivity index (χ3n) is 3.22. The molecule has 0 aliphatic heterocycles. The maximum atomic E-state index is 4.44. The topological polar surface area (TPSA) is 29.0 Å². The number of anilines is 1. The molecule has 0 aliphatic carbocycles. The maximum absolute atomic E-state index is 4.44. The van der Waals surface area contributed by atoms with Crippen LogP contribution >= 0.6 is 15.9 Å². The van der Waals surface area contributed by atoms with Gasteiger partial charge in [-0.1, -0.05) is 36.4 Å². The minimum absolute atomic E-state index is 0.819. The first-order valence-electron chi connectivity index (χ1n) is 6.40. The Kier molecular flexibility index (Phi) is 3.65. The minimum Gasteiger partial charge on any atom is -0.355 e. The number of rotatable bonds is 3. The van der Waals surface area contributed by atoms with Crippen LogP contribution in [0.25, 0.3) is 10.9 Å². The third-order valence-corrected chi connectivity index (χ3v) is 3.86. The molecule has 3 rings (SSSR count). The van der Waals surface area contributed by atoms with Crippen LogP contribution in [-0.2, 0) is 6.54 Å². The van der Waals surface area contributed by atoms with E-state index in [2.05, 4.69) is 68.2 Å². The van der Waals surface area contributed by atoms with E-state index in [0.717, 1.165) is 27.7 Å². The van der Waals surface area contributed by atoms with Gasteiger partial charge in [0.25, 0.3) is 0 Å². The molecule has 0 fully saturated rings. The van der Waals surface area contributed by atoms with Gasteiger partial charge < -0.3 is 4.90 Å². The molecule has 100 valence electrons. The number of benzene rings is 2. The van der Waals surface area contributed by atoms with Crippen molar-refractivity contribution < 1.29 is 0 Å². The molecule has 0 aliphatic rings. The van der Waals surface area contributed by atoms with E-state index in [1.807, 2.05) is 18.2 Å². The number of nitrogens with zero attached hydrogens (tertiary/aromatic N) is 3. The highest BCUT2D eigenvalue weighted by atomic mass is 79.9. The van der Waals surface area contributed by atoms with Crippen LogP contribution in [0.3, 0.4) is 0 Å². The summed E-state index contributed by atoms with van der Waals surface area (Å²) >= 11 is 3.54. The number of fused-ring (bicyclic) bond motifs is 1. The number of hydrogen-bond donors (Lipinski definition) is 0. The predicted molar refractivity (Wildman–Crippen MR) is 85.8 cm³/mol. The Morgan fingerprint density at radius 1 is 1.00 bits per heavy atom. The lowest BCUT2D eigenvalue weighted by Crippen LogP contribution is -2.18. The molecule has 0 N–H and O–H groups in total. The lowest BCUT2D eigenvalue weighted by Gasteiger charge is -2.19. The Bertz CT molecular complexity index is 728. The largest absolute Gasteiger partial charge is 0.355 e. The number of para-hydroxylation sites is 1. The zero-order valence-corrected chi connectivity index (χ0v) is 12.7. The van der Waals surface area contributed by atoms with Crippen molar-refractivity contribution in [2.24, 2.45) is 0 Å². The third kappa shape index (κ3) is 2.51. The standard InChI is InChI=1S/C16H14BrN3/c1-20(10-12-6-3-2-4-7-12)16-13-8-5-9-14(17)15(13)18-11-19-16/h2-9,11H,10H2,1H3. The fourth-order valence-electron chi connectivity index (χ4n) is 2.27. The fraction of sp³-hybridized carbons (Fsp3) is 0.125. The van der Waals surface area contributed by atoms with Gasteiger partial charge >= 0.3 is 0 Å². The molecule has 20 heavy (non-hydrogen) atoms. The molecule has 0 atom stereocenters. The van der Waals surface area contributed by atoms with Crippen LogP contribution in [-0.4, -0.2) is 17.0 Å². The summed E-state index contributed by atoms with van der Waals surface area (Å²) in [5, 5.41) is 1.06. The number of halogens is 1. The smallest absolute Gasteiger partial charge is 0.139 e. The molecule has 4 heteroatoms. The van der Waals surface area contributed by atoms with Gasteiger partial charge in [0.15, 0.2) is 0 Å². The molecule has 0 spiro atoms. The lowest BCUT2D eigenvalue weighted by atomic mass is 10.2. The van der Waals surface area contributed by atoms with Crippen LogP contribution in [0.15, 0.2) is 59.3 Å². The van der Waals surface area contributed by atoms with Crippen molar-refractivity contribution in [3.8, 4) is 0 Å². The quantitative estimate of drug-likeness (QED) is 0.727. The predicted octanol–water partition coefficient (Wildman–Crippen LogP) is 4.03. The zero-order chi connectivity index (χ0) is 13.9. The highest BCUT2D eigenvalue weighted by Crippen LogP contribution is 2.28. The minimum atomic E-state index is 0.819. The maximum Gasteiger partial charge on any atom is 0.139 e. The Balaban J connectivity index is 2.00. The van der Waals surface area contributed by atoms with Gasteiger partial charge in [-0.3, -0.25) is 0 Å². The zero-order valence-electron chi connectivity index (χ0n) is 11.1. The summed E-state index contributed by atoms with van der Waals surface area (Å²) in [4.78, 5) is 10.9. The molecule has 0 radical (unpaired) electrons. The number of aromatic nitrogens is 2. The molecule has 1 aromatic heterocycles. The Morgan fingerprint density at radius 2 is 1.80 bits per heavy atom. The molecule has 0 saturated heterocycles. The van der Waals surface area contributed by atoms with E-state index in [-0.39, 0.29) is 0 Å². The van der Waals surface area contributed by atoms with Crippen LogP contribution in [0.4, 0.5) is 5.82 Å². The SMILES string of the molecule is CN(Cc1ccccc1)c1ncnc2c(Br)cccc12. The Hall–Kier alpha value is -1.94. The van der Waals surface area contributed by atoms with Crippen molar-refractivity contribution in [3.63, 3.8) is 0 Å². The van der Waals surface area contributed by atoms with Crippen molar-refractivity contribution in [1.29, 1.82) is 0 Å². The van der Waals surface area contributed by atoms with Gasteiger partial charge in [-0.25, -0.2) is 9.97 Å². The van der Waals surface area contributed by atoms with Crippen molar-refractivity contribution in [1.82, 2.24) is 9.97 Å². The van der Waals surface area contributed by atoms with Crippen LogP contribution < -0.4 is 4.90 Å². The van der Waals surface area contributed by atoms with Gasteiger partial charge in [-0.05, 0) is 33.6 Å². The second kappa shape index (κ2) is 5.59. The average molecular weight is 328 g/mol. The molecule has 1 heterocycles. The Labute approximate surface area is 126 Å². The first-order chi connectivity index (χ1) is 9.75. The van der Waals surface area contributed by atoms with Crippen LogP contribution in [0, 0.1) is 0 Å². The highest BCUT2D eigenvalue weighted by molar-refractivity contribution is 9.10. The lowest BCUT2D eigenvalue weighted by molar-refractivity contribution is 0.900. The van der Waals surface area contributed by atoms with E-state index in [4.69, 9.17) is 0 Å². The molecular weight excluding hydrogens is 314 g/mol. The van der Waals surface area contributed by atoms with Gasteiger partial charge in [0.05, 0.1) is 5.52 Å². The van der Waals surface area contributed by atoms with Crippen molar-refractivity contribution in [2.45, 2.75) is 6.54 Å². The summed E-state index contributed by atoms with van der Waals surface area (Å²) in [6.45, 7) is 0.819. The van der Waals surface area contributed by atoms with Gasteiger partial charge in [0, 0.05) is 23.5 Å². The van der Waals surface area contributed by atoms with Crippen molar-refractivity contribution >= 4 is 32.7 Å². The Morgan fingerprint density at radius 3 is 2.60 bits per heavy atom. The molecule has 0 amide bonds. The summed E-state index contributed by atoms with van der Waals surface area (Å²) in [6, 6.07) is 16.4. The van der Waals surface area contributed by atoms with Crippen molar-refractivity contribution in [3.05, 3.63) is 64.9 Å². The molecule has 0 saturated carbocycles. The van der Waals surface area contributed by atoms with Crippen LogP contribution in [0.5, 0.6) is 0 Å². The van der Waals surface area contributed by atoms with Gasteiger partial charge in [0.1, 0.15) is 12.1 Å². The summed E-state index contributed by atoms with van der Waals surface area (Å²) in [5.41, 5.74) is 2.20. The van der Waals surface area contributed by atoms with Gasteiger partial charge in [0.2, 0.25) is 0 Å². The van der Waals surface area contributed by atoms with Gasteiger partial charge in [-0.2, -0.15) is 0 Å². The van der Waals surface area contributed by atoms with E-state index in [1.54, 1.807) is 6.33 Å². The van der Waals surface area contributed by atoms with E-state index < -0.39 is 0 Å². The number of hydrogen-bond acceptors (Lipinski definition) is 3. The van der Waals surface area contributed by atoms with E-state index in [9.17, 15) is 0 Å². The summed E-state index contributed by atoms with van der Waals surface area (Å²) in [5.74, 6) is 0.945. The molecule has 0 unspecified atom stereocenters. The van der Waals surface area contributed by atoms with Crippen molar-refractivity contribution in [2.75, 3.05) is 11.9 Å². The summed E-state index contributed by atoms with van der Waals surface area (Å²) in [7, 11) is 2.05. The molecule has 3 aromatic rings. The molecular formula is C16H14BrN3. The molecule has 0 bridgehead atoms.